The molecule has 0 aromatic heterocycles. The molecule has 5 atom stereocenters. The van der Waals surface area contributed by atoms with Crippen molar-refractivity contribution in [2.75, 3.05) is 20.1 Å². The lowest BCUT2D eigenvalue weighted by Gasteiger charge is -2.38. The molecule has 1 aliphatic heterocycles. The average molecular weight is 619 g/mol. The van der Waals surface area contributed by atoms with Crippen molar-refractivity contribution in [1.29, 1.82) is 0 Å². The number of carbonyl (C=O) groups is 6. The first kappa shape index (κ1) is 36.8. The molecule has 1 aliphatic carbocycles. The van der Waals surface area contributed by atoms with E-state index in [1.165, 1.54) is 9.80 Å². The molecule has 1 saturated heterocycles. The van der Waals surface area contributed by atoms with Gasteiger partial charge in [-0.15, -0.1) is 6.58 Å². The third kappa shape index (κ3) is 9.53. The van der Waals surface area contributed by atoms with Gasteiger partial charge in [-0.25, -0.2) is 4.79 Å². The van der Waals surface area contributed by atoms with Crippen molar-refractivity contribution in [3.63, 3.8) is 0 Å². The van der Waals surface area contributed by atoms with Gasteiger partial charge < -0.3 is 31.5 Å². The van der Waals surface area contributed by atoms with E-state index in [0.29, 0.717) is 19.4 Å². The number of nitrogens with zero attached hydrogens (tertiary/aromatic N) is 2. The first-order valence-electron chi connectivity index (χ1n) is 15.6. The van der Waals surface area contributed by atoms with Crippen molar-refractivity contribution in [3.05, 3.63) is 12.7 Å². The number of nitrogens with one attached hydrogen (secondary N) is 3. The van der Waals surface area contributed by atoms with Crippen LogP contribution in [0, 0.1) is 28.6 Å². The number of nitrogens with two attached hydrogens (primary N) is 1. The summed E-state index contributed by atoms with van der Waals surface area (Å²) in [5.74, 6) is -3.16. The van der Waals surface area contributed by atoms with Gasteiger partial charge in [-0.2, -0.15) is 0 Å². The van der Waals surface area contributed by atoms with Gasteiger partial charge in [-0.05, 0) is 41.4 Å². The number of likely N-dealkylation sites (N-methyl/N-ethyl adjacent to an activating group) is 1. The second-order valence-corrected chi connectivity index (χ2v) is 14.9. The normalized spacial score (nSPS) is 20.7. The number of likely N-dealkylation sites (tertiary alicyclic amines) is 1. The maximum Gasteiger partial charge on any atom is 0.316 e. The Morgan fingerprint density at radius 1 is 0.932 bits per heavy atom. The number of hydrogen-bond donors (Lipinski definition) is 4. The van der Waals surface area contributed by atoms with E-state index in [1.54, 1.807) is 13.1 Å². The molecule has 0 radical (unpaired) electrons. The van der Waals surface area contributed by atoms with Crippen LogP contribution in [0.5, 0.6) is 0 Å². The molecule has 2 rings (SSSR count). The molecule has 2 fully saturated rings. The zero-order valence-electron chi connectivity index (χ0n) is 28.0. The molecular weight excluding hydrogens is 564 g/mol. The van der Waals surface area contributed by atoms with Crippen molar-refractivity contribution >= 4 is 35.4 Å². The molecule has 0 spiro atoms. The fourth-order valence-electron chi connectivity index (χ4n) is 5.72. The van der Waals surface area contributed by atoms with E-state index < -0.39 is 64.5 Å². The zero-order valence-corrected chi connectivity index (χ0v) is 28.0. The highest BCUT2D eigenvalue weighted by atomic mass is 16.2. The maximum atomic E-state index is 14.2. The van der Waals surface area contributed by atoms with Crippen LogP contribution in [0.15, 0.2) is 12.7 Å². The van der Waals surface area contributed by atoms with E-state index in [0.717, 1.165) is 12.8 Å². The van der Waals surface area contributed by atoms with Crippen LogP contribution >= 0.6 is 0 Å². The maximum absolute atomic E-state index is 14.2. The van der Waals surface area contributed by atoms with Crippen molar-refractivity contribution in [2.45, 2.75) is 105 Å². The highest BCUT2D eigenvalue weighted by molar-refractivity contribution is 6.37. The summed E-state index contributed by atoms with van der Waals surface area (Å²) in [6, 6.07) is -4.57. The Morgan fingerprint density at radius 2 is 1.48 bits per heavy atom. The van der Waals surface area contributed by atoms with Crippen molar-refractivity contribution in [1.82, 2.24) is 25.8 Å². The topological polar surface area (TPSA) is 171 Å². The number of Topliss-reactive ketones (excluding diaryl/α,β-unsaturated/α-hetero) is 1. The summed E-state index contributed by atoms with van der Waals surface area (Å²) in [5, 5.41) is 8.31. The summed E-state index contributed by atoms with van der Waals surface area (Å²) in [6.07, 6.45) is 4.29. The largest absolute Gasteiger partial charge is 0.363 e. The second-order valence-electron chi connectivity index (χ2n) is 14.9. The molecule has 12 heteroatoms. The molecule has 248 valence electrons. The Balaban J connectivity index is 2.34. The van der Waals surface area contributed by atoms with Crippen LogP contribution in [0.25, 0.3) is 0 Å². The predicted octanol–water partition coefficient (Wildman–Crippen LogP) is 1.97. The fourth-order valence-corrected chi connectivity index (χ4v) is 5.72. The summed E-state index contributed by atoms with van der Waals surface area (Å²) in [5.41, 5.74) is 3.89. The lowest BCUT2D eigenvalue weighted by Crippen LogP contribution is -2.63. The van der Waals surface area contributed by atoms with Gasteiger partial charge in [0.1, 0.15) is 18.1 Å². The molecule has 1 saturated carbocycles. The summed E-state index contributed by atoms with van der Waals surface area (Å²) >= 11 is 0. The van der Waals surface area contributed by atoms with Gasteiger partial charge in [-0.1, -0.05) is 74.3 Å². The number of rotatable bonds is 13. The van der Waals surface area contributed by atoms with E-state index in [9.17, 15) is 28.8 Å². The SMILES string of the molecule is C=CCN(C)C(=O)[C@@H](NC(=O)N[C@H](C(=O)N1CC[C@H](C(C)C)[C@H]1C(=O)NC(CC1CC1)C(=O)C(N)=O)C(C)(C)C)C(C)(C)C. The minimum Gasteiger partial charge on any atom is -0.363 e. The summed E-state index contributed by atoms with van der Waals surface area (Å²) < 4.78 is 0. The van der Waals surface area contributed by atoms with Crippen LogP contribution in [0.3, 0.4) is 0 Å². The minimum absolute atomic E-state index is 0.0349. The Labute approximate surface area is 262 Å². The van der Waals surface area contributed by atoms with Crippen LogP contribution in [-0.4, -0.2) is 89.5 Å². The Morgan fingerprint density at radius 3 is 1.93 bits per heavy atom. The standard InChI is InChI=1S/C32H54N6O6/c1-11-15-37(10)28(42)24(31(4,5)6)35-30(44)36-25(32(7,8)9)29(43)38-16-14-20(18(2)3)22(38)27(41)34-21(17-19-12-13-19)23(39)26(33)40/h11,18-22,24-25H,1,12-17H2,2-10H3,(H2,33,40)(H,34,41)(H2,35,36,44)/t20-,21?,22+,24-,25-/m1/s1. The van der Waals surface area contributed by atoms with Gasteiger partial charge in [0.25, 0.3) is 5.91 Å². The minimum atomic E-state index is -1.11. The lowest BCUT2D eigenvalue weighted by molar-refractivity contribution is -0.144. The van der Waals surface area contributed by atoms with E-state index in [2.05, 4.69) is 22.5 Å². The van der Waals surface area contributed by atoms with Gasteiger partial charge >= 0.3 is 6.03 Å². The molecule has 2 aliphatic rings. The smallest absolute Gasteiger partial charge is 0.316 e. The number of primary amides is 1. The molecule has 1 unspecified atom stereocenters. The molecule has 6 amide bonds. The average Bonchev–Trinajstić information content (AvgIpc) is 3.60. The van der Waals surface area contributed by atoms with Gasteiger partial charge in [0.15, 0.2) is 0 Å². The van der Waals surface area contributed by atoms with Crippen molar-refractivity contribution < 1.29 is 28.8 Å². The summed E-state index contributed by atoms with van der Waals surface area (Å²) in [4.78, 5) is 81.8. The van der Waals surface area contributed by atoms with E-state index in [4.69, 9.17) is 5.73 Å². The molecular formula is C32H54N6O6. The third-order valence-electron chi connectivity index (χ3n) is 8.55. The molecule has 0 bridgehead atoms. The van der Waals surface area contributed by atoms with Crippen LogP contribution in [-0.2, 0) is 24.0 Å². The van der Waals surface area contributed by atoms with Gasteiger partial charge in [0, 0.05) is 20.1 Å². The van der Waals surface area contributed by atoms with Crippen LogP contribution in [0.2, 0.25) is 0 Å². The van der Waals surface area contributed by atoms with E-state index >= 15 is 0 Å². The number of urea groups is 1. The van der Waals surface area contributed by atoms with Crippen molar-refractivity contribution in [3.8, 4) is 0 Å². The molecule has 12 nitrogen and oxygen atoms in total. The summed E-state index contributed by atoms with van der Waals surface area (Å²) in [7, 11) is 1.62. The van der Waals surface area contributed by atoms with Crippen LogP contribution in [0.1, 0.15) is 81.1 Å². The van der Waals surface area contributed by atoms with Gasteiger partial charge in [-0.3, -0.25) is 24.0 Å². The highest BCUT2D eigenvalue weighted by Gasteiger charge is 2.48. The molecule has 0 aromatic carbocycles. The number of ketones is 1. The van der Waals surface area contributed by atoms with Crippen LogP contribution in [0.4, 0.5) is 4.79 Å². The quantitative estimate of drug-likeness (QED) is 0.182. The Bertz CT molecular complexity index is 1120. The first-order valence-corrected chi connectivity index (χ1v) is 15.6. The van der Waals surface area contributed by atoms with Gasteiger partial charge in [0.05, 0.1) is 6.04 Å². The number of hydrogen-bond acceptors (Lipinski definition) is 6. The fraction of sp³-hybridized carbons (Fsp3) is 0.750. The first-order chi connectivity index (χ1) is 20.2. The Kier molecular flexibility index (Phi) is 12.2. The molecule has 1 heterocycles. The predicted molar refractivity (Wildman–Crippen MR) is 168 cm³/mol. The van der Waals surface area contributed by atoms with Crippen molar-refractivity contribution in [2.24, 2.45) is 34.3 Å². The van der Waals surface area contributed by atoms with Gasteiger partial charge in [0.2, 0.25) is 23.5 Å². The lowest BCUT2D eigenvalue weighted by atomic mass is 9.84. The Hall–Kier alpha value is -3.44. The third-order valence-corrected chi connectivity index (χ3v) is 8.55. The monoisotopic (exact) mass is 618 g/mol. The second kappa shape index (κ2) is 14.6. The van der Waals surface area contributed by atoms with Crippen LogP contribution < -0.4 is 21.7 Å². The summed E-state index contributed by atoms with van der Waals surface area (Å²) in [6.45, 7) is 19.1. The molecule has 0 aromatic rings. The number of amides is 6. The molecule has 44 heavy (non-hydrogen) atoms. The number of carbonyl (C=O) groups excluding carboxylic acids is 6. The van der Waals surface area contributed by atoms with E-state index in [-0.39, 0.29) is 30.2 Å². The zero-order chi connectivity index (χ0) is 33.7. The molecule has 5 N–H and O–H groups in total. The highest BCUT2D eigenvalue weighted by Crippen LogP contribution is 2.35. The van der Waals surface area contributed by atoms with E-state index in [1.807, 2.05) is 55.4 Å².